The number of hydrogen-bond acceptors (Lipinski definition) is 6. The molecule has 0 spiro atoms. The fourth-order valence-corrected chi connectivity index (χ4v) is 3.81. The number of anilines is 1. The van der Waals surface area contributed by atoms with Crippen molar-refractivity contribution in [2.24, 2.45) is 0 Å². The van der Waals surface area contributed by atoms with Crippen LogP contribution in [0.4, 0.5) is 5.69 Å². The van der Waals surface area contributed by atoms with E-state index >= 15 is 0 Å². The average molecular weight is 421 g/mol. The number of hydrogen-bond donors (Lipinski definition) is 0. The van der Waals surface area contributed by atoms with Crippen LogP contribution in [0.5, 0.6) is 11.5 Å². The van der Waals surface area contributed by atoms with Gasteiger partial charge in [0.05, 0.1) is 19.1 Å². The van der Waals surface area contributed by atoms with E-state index in [1.165, 1.54) is 0 Å². The van der Waals surface area contributed by atoms with E-state index in [9.17, 15) is 4.79 Å². The zero-order valence-corrected chi connectivity index (χ0v) is 18.5. The van der Waals surface area contributed by atoms with Gasteiger partial charge < -0.3 is 18.9 Å². The molecule has 2 aromatic carbocycles. The topological polar surface area (TPSA) is 77.7 Å². The van der Waals surface area contributed by atoms with Crippen LogP contribution in [0.3, 0.4) is 0 Å². The lowest BCUT2D eigenvalue weighted by molar-refractivity contribution is -0.117. The molecule has 1 saturated heterocycles. The van der Waals surface area contributed by atoms with E-state index in [1.807, 2.05) is 69.0 Å². The third-order valence-corrected chi connectivity index (χ3v) is 5.57. The Bertz CT molecular complexity index is 1110. The molecular formula is C24H27N3O4. The molecule has 1 aromatic heterocycles. The average Bonchev–Trinajstić information content (AvgIpc) is 3.37. The lowest BCUT2D eigenvalue weighted by atomic mass is 10.1. The summed E-state index contributed by atoms with van der Waals surface area (Å²) in [6.07, 6.45) is 0.385. The van der Waals surface area contributed by atoms with Gasteiger partial charge in [0.25, 0.3) is 0 Å². The second kappa shape index (κ2) is 8.41. The normalized spacial score (nSPS) is 16.3. The molecule has 7 heteroatoms. The van der Waals surface area contributed by atoms with Crippen LogP contribution >= 0.6 is 0 Å². The summed E-state index contributed by atoms with van der Waals surface area (Å²) in [6, 6.07) is 11.5. The van der Waals surface area contributed by atoms with Crippen molar-refractivity contribution in [2.75, 3.05) is 18.6 Å². The number of aromatic nitrogens is 2. The molecule has 7 nitrogen and oxygen atoms in total. The maximum absolute atomic E-state index is 12.7. The van der Waals surface area contributed by atoms with E-state index in [2.05, 4.69) is 10.1 Å². The number of benzene rings is 2. The minimum atomic E-state index is -0.140. The van der Waals surface area contributed by atoms with E-state index in [0.717, 1.165) is 22.4 Å². The van der Waals surface area contributed by atoms with Gasteiger partial charge in [0.1, 0.15) is 0 Å². The predicted octanol–water partition coefficient (Wildman–Crippen LogP) is 4.67. The van der Waals surface area contributed by atoms with Crippen LogP contribution in [0.1, 0.15) is 43.2 Å². The zero-order valence-electron chi connectivity index (χ0n) is 18.5. The van der Waals surface area contributed by atoms with E-state index in [4.69, 9.17) is 14.0 Å². The van der Waals surface area contributed by atoms with Crippen molar-refractivity contribution in [3.8, 4) is 22.9 Å². The van der Waals surface area contributed by atoms with Gasteiger partial charge in [0.2, 0.25) is 17.6 Å². The first-order valence-corrected chi connectivity index (χ1v) is 10.4. The van der Waals surface area contributed by atoms with Gasteiger partial charge in [-0.15, -0.1) is 0 Å². The van der Waals surface area contributed by atoms with Crippen LogP contribution in [0.2, 0.25) is 0 Å². The molecule has 31 heavy (non-hydrogen) atoms. The minimum Gasteiger partial charge on any atom is -0.493 e. The Morgan fingerprint density at radius 3 is 2.71 bits per heavy atom. The highest BCUT2D eigenvalue weighted by molar-refractivity contribution is 5.97. The van der Waals surface area contributed by atoms with Gasteiger partial charge in [-0.05, 0) is 63.1 Å². The van der Waals surface area contributed by atoms with Crippen molar-refractivity contribution in [1.29, 1.82) is 0 Å². The monoisotopic (exact) mass is 421 g/mol. The number of carbonyl (C=O) groups excluding carboxylic acids is 1. The second-order valence-corrected chi connectivity index (χ2v) is 8.11. The summed E-state index contributed by atoms with van der Waals surface area (Å²) in [5.41, 5.74) is 3.97. The number of amides is 1. The number of methoxy groups -OCH3 is 1. The first-order chi connectivity index (χ1) is 14.9. The molecule has 0 saturated carbocycles. The highest BCUT2D eigenvalue weighted by Crippen LogP contribution is 2.36. The molecule has 2 heterocycles. The Balaban J connectivity index is 1.56. The van der Waals surface area contributed by atoms with Gasteiger partial charge in [-0.2, -0.15) is 4.98 Å². The third kappa shape index (κ3) is 4.13. The Kier molecular flexibility index (Phi) is 5.67. The molecule has 1 amide bonds. The molecule has 162 valence electrons. The molecule has 1 unspecified atom stereocenters. The van der Waals surface area contributed by atoms with Crippen LogP contribution < -0.4 is 14.4 Å². The predicted molar refractivity (Wildman–Crippen MR) is 118 cm³/mol. The van der Waals surface area contributed by atoms with Gasteiger partial charge in [-0.3, -0.25) is 4.79 Å². The first kappa shape index (κ1) is 20.9. The highest BCUT2D eigenvalue weighted by atomic mass is 16.5. The number of nitrogens with zero attached hydrogens (tertiary/aromatic N) is 3. The van der Waals surface area contributed by atoms with Gasteiger partial charge in [0, 0.05) is 24.2 Å². The third-order valence-electron chi connectivity index (χ3n) is 5.57. The van der Waals surface area contributed by atoms with Crippen molar-refractivity contribution < 1.29 is 18.8 Å². The Morgan fingerprint density at radius 2 is 1.97 bits per heavy atom. The molecule has 0 N–H and O–H groups in total. The molecule has 4 rings (SSSR count). The quantitative estimate of drug-likeness (QED) is 0.576. The Hall–Kier alpha value is -3.35. The Morgan fingerprint density at radius 1 is 1.16 bits per heavy atom. The Labute approximate surface area is 182 Å². The van der Waals surface area contributed by atoms with E-state index in [1.54, 1.807) is 7.11 Å². The number of ether oxygens (including phenoxy) is 2. The van der Waals surface area contributed by atoms with Crippen LogP contribution in [0, 0.1) is 13.8 Å². The maximum Gasteiger partial charge on any atom is 0.232 e. The van der Waals surface area contributed by atoms with Crippen LogP contribution in [-0.4, -0.2) is 35.8 Å². The number of aryl methyl sites for hydroxylation is 1. The van der Waals surface area contributed by atoms with E-state index in [0.29, 0.717) is 36.2 Å². The first-order valence-electron chi connectivity index (χ1n) is 10.4. The molecule has 1 fully saturated rings. The molecular weight excluding hydrogens is 394 g/mol. The van der Waals surface area contributed by atoms with Crippen molar-refractivity contribution in [3.05, 3.63) is 53.4 Å². The molecule has 1 atom stereocenters. The van der Waals surface area contributed by atoms with Gasteiger partial charge in [-0.25, -0.2) is 0 Å². The summed E-state index contributed by atoms with van der Waals surface area (Å²) in [4.78, 5) is 19.1. The van der Waals surface area contributed by atoms with E-state index in [-0.39, 0.29) is 17.9 Å². The number of rotatable bonds is 6. The molecule has 1 aliphatic rings. The van der Waals surface area contributed by atoms with Crippen LogP contribution in [0.25, 0.3) is 11.4 Å². The molecule has 0 radical (unpaired) electrons. The number of carbonyl (C=O) groups is 1. The largest absolute Gasteiger partial charge is 0.493 e. The van der Waals surface area contributed by atoms with Gasteiger partial charge >= 0.3 is 0 Å². The molecule has 1 aliphatic heterocycles. The van der Waals surface area contributed by atoms with Gasteiger partial charge in [-0.1, -0.05) is 17.3 Å². The zero-order chi connectivity index (χ0) is 22.1. The molecule has 0 bridgehead atoms. The van der Waals surface area contributed by atoms with Crippen molar-refractivity contribution >= 4 is 11.6 Å². The fraction of sp³-hybridized carbons (Fsp3) is 0.375. The minimum absolute atomic E-state index is 0.0383. The SMILES string of the molecule is COc1cc(-c2noc(C3CC(=O)N(c4cccc(C)c4C)C3)n2)ccc1OC(C)C. The van der Waals surface area contributed by atoms with Crippen molar-refractivity contribution in [1.82, 2.24) is 10.1 Å². The smallest absolute Gasteiger partial charge is 0.232 e. The summed E-state index contributed by atoms with van der Waals surface area (Å²) in [5.74, 6) is 2.12. The highest BCUT2D eigenvalue weighted by Gasteiger charge is 2.36. The lowest BCUT2D eigenvalue weighted by Gasteiger charge is -2.19. The lowest BCUT2D eigenvalue weighted by Crippen LogP contribution is -2.25. The fourth-order valence-electron chi connectivity index (χ4n) is 3.81. The summed E-state index contributed by atoms with van der Waals surface area (Å²) in [6.45, 7) is 8.53. The van der Waals surface area contributed by atoms with Crippen LogP contribution in [-0.2, 0) is 4.79 Å². The summed E-state index contributed by atoms with van der Waals surface area (Å²) < 4.78 is 16.8. The second-order valence-electron chi connectivity index (χ2n) is 8.11. The van der Waals surface area contributed by atoms with E-state index < -0.39 is 0 Å². The molecule has 3 aromatic rings. The van der Waals surface area contributed by atoms with Crippen molar-refractivity contribution in [3.63, 3.8) is 0 Å². The molecule has 0 aliphatic carbocycles. The van der Waals surface area contributed by atoms with Crippen molar-refractivity contribution in [2.45, 2.75) is 46.1 Å². The summed E-state index contributed by atoms with van der Waals surface area (Å²) in [5, 5.41) is 4.14. The van der Waals surface area contributed by atoms with Crippen LogP contribution in [0.15, 0.2) is 40.9 Å². The maximum atomic E-state index is 12.7. The summed E-state index contributed by atoms with van der Waals surface area (Å²) in [7, 11) is 1.60. The standard InChI is InChI=1S/C24H27N3O4/c1-14(2)30-20-10-9-17(11-21(20)29-5)23-25-24(31-26-23)18-12-22(28)27(13-18)19-8-6-7-15(3)16(19)4/h6-11,14,18H,12-13H2,1-5H3. The summed E-state index contributed by atoms with van der Waals surface area (Å²) >= 11 is 0. The van der Waals surface area contributed by atoms with Gasteiger partial charge in [0.15, 0.2) is 11.5 Å².